The summed E-state index contributed by atoms with van der Waals surface area (Å²) in [6.07, 6.45) is 0. The molecule has 3 aromatic carbocycles. The molecule has 0 spiro atoms. The van der Waals surface area contributed by atoms with Gasteiger partial charge in [0, 0.05) is 5.56 Å². The molecule has 0 heterocycles. The lowest BCUT2D eigenvalue weighted by molar-refractivity contribution is 0.0911. The molecule has 0 bridgehead atoms. The molecule has 26 heavy (non-hydrogen) atoms. The van der Waals surface area contributed by atoms with Crippen LogP contribution in [0.25, 0.3) is 0 Å². The highest BCUT2D eigenvalue weighted by atomic mass is 19.1. The Labute approximate surface area is 152 Å². The van der Waals surface area contributed by atoms with Gasteiger partial charge in [0.15, 0.2) is 0 Å². The first-order chi connectivity index (χ1) is 12.4. The number of rotatable bonds is 5. The molecule has 1 N–H and O–H groups in total. The number of benzene rings is 3. The maximum absolute atomic E-state index is 13.1. The SMILES string of the molecule is CC(C)(NC(=O)c1cccc(Oc2ccccc2)c1)c1ccc(F)cc1. The summed E-state index contributed by atoms with van der Waals surface area (Å²) >= 11 is 0. The summed E-state index contributed by atoms with van der Waals surface area (Å²) in [6, 6.07) is 22.5. The van der Waals surface area contributed by atoms with Crippen molar-refractivity contribution >= 4 is 5.91 Å². The van der Waals surface area contributed by atoms with E-state index in [1.807, 2.05) is 44.2 Å². The Morgan fingerprint density at radius 1 is 0.885 bits per heavy atom. The van der Waals surface area contributed by atoms with Gasteiger partial charge in [-0.2, -0.15) is 0 Å². The van der Waals surface area contributed by atoms with Gasteiger partial charge in [0.05, 0.1) is 5.54 Å². The van der Waals surface area contributed by atoms with E-state index in [2.05, 4.69) is 5.32 Å². The number of ether oxygens (including phenoxy) is 1. The Bertz CT molecular complexity index is 890. The van der Waals surface area contributed by atoms with E-state index in [9.17, 15) is 9.18 Å². The number of nitrogens with one attached hydrogen (secondary N) is 1. The van der Waals surface area contributed by atoms with Crippen LogP contribution in [-0.2, 0) is 5.54 Å². The van der Waals surface area contributed by atoms with Crippen molar-refractivity contribution < 1.29 is 13.9 Å². The van der Waals surface area contributed by atoms with Crippen molar-refractivity contribution in [2.45, 2.75) is 19.4 Å². The third-order valence-corrected chi connectivity index (χ3v) is 4.07. The Morgan fingerprint density at radius 3 is 2.23 bits per heavy atom. The zero-order valence-electron chi connectivity index (χ0n) is 14.7. The van der Waals surface area contributed by atoms with Crippen LogP contribution in [-0.4, -0.2) is 5.91 Å². The van der Waals surface area contributed by atoms with Crippen molar-refractivity contribution in [1.82, 2.24) is 5.32 Å². The molecule has 0 aliphatic carbocycles. The topological polar surface area (TPSA) is 38.3 Å². The van der Waals surface area contributed by atoms with Crippen LogP contribution in [0.2, 0.25) is 0 Å². The van der Waals surface area contributed by atoms with E-state index in [1.165, 1.54) is 12.1 Å². The lowest BCUT2D eigenvalue weighted by Gasteiger charge is -2.27. The Balaban J connectivity index is 1.75. The summed E-state index contributed by atoms with van der Waals surface area (Å²) in [4.78, 5) is 12.7. The number of para-hydroxylation sites is 1. The molecule has 3 nitrogen and oxygen atoms in total. The minimum atomic E-state index is -0.638. The van der Waals surface area contributed by atoms with E-state index in [-0.39, 0.29) is 11.7 Å². The van der Waals surface area contributed by atoms with Gasteiger partial charge in [-0.1, -0.05) is 36.4 Å². The van der Waals surface area contributed by atoms with Crippen LogP contribution < -0.4 is 10.1 Å². The van der Waals surface area contributed by atoms with Crippen LogP contribution in [0.3, 0.4) is 0 Å². The van der Waals surface area contributed by atoms with E-state index in [1.54, 1.807) is 36.4 Å². The largest absolute Gasteiger partial charge is 0.457 e. The minimum absolute atomic E-state index is 0.224. The molecule has 0 atom stereocenters. The van der Waals surface area contributed by atoms with Gasteiger partial charge in [-0.15, -0.1) is 0 Å². The number of amides is 1. The molecule has 4 heteroatoms. The number of halogens is 1. The van der Waals surface area contributed by atoms with Crippen LogP contribution >= 0.6 is 0 Å². The molecule has 132 valence electrons. The van der Waals surface area contributed by atoms with Crippen molar-refractivity contribution in [2.24, 2.45) is 0 Å². The molecule has 0 aromatic heterocycles. The van der Waals surface area contributed by atoms with E-state index >= 15 is 0 Å². The summed E-state index contributed by atoms with van der Waals surface area (Å²) in [5, 5.41) is 2.98. The Hall–Kier alpha value is -3.14. The van der Waals surface area contributed by atoms with Gasteiger partial charge in [0.25, 0.3) is 5.91 Å². The predicted molar refractivity (Wildman–Crippen MR) is 99.9 cm³/mol. The predicted octanol–water partition coefficient (Wildman–Crippen LogP) is 5.28. The summed E-state index contributed by atoms with van der Waals surface area (Å²) in [6.45, 7) is 3.75. The van der Waals surface area contributed by atoms with Crippen LogP contribution in [0.4, 0.5) is 4.39 Å². The van der Waals surface area contributed by atoms with Gasteiger partial charge in [0.1, 0.15) is 17.3 Å². The lowest BCUT2D eigenvalue weighted by Crippen LogP contribution is -2.41. The molecule has 0 saturated carbocycles. The van der Waals surface area contributed by atoms with Gasteiger partial charge in [0.2, 0.25) is 0 Å². The van der Waals surface area contributed by atoms with Gasteiger partial charge < -0.3 is 10.1 Å². The van der Waals surface area contributed by atoms with Gasteiger partial charge >= 0.3 is 0 Å². The fourth-order valence-corrected chi connectivity index (χ4v) is 2.62. The molecule has 0 aliphatic heterocycles. The van der Waals surface area contributed by atoms with Crippen molar-refractivity contribution in [3.8, 4) is 11.5 Å². The molecule has 0 fully saturated rings. The van der Waals surface area contributed by atoms with Gasteiger partial charge in [-0.05, 0) is 61.9 Å². The summed E-state index contributed by atoms with van der Waals surface area (Å²) in [7, 11) is 0. The molecule has 0 aliphatic rings. The summed E-state index contributed by atoms with van der Waals surface area (Å²) in [5.74, 6) is 0.764. The van der Waals surface area contributed by atoms with E-state index < -0.39 is 5.54 Å². The molecule has 3 rings (SSSR count). The van der Waals surface area contributed by atoms with Crippen molar-refractivity contribution in [3.63, 3.8) is 0 Å². The number of carbonyl (C=O) groups is 1. The standard InChI is InChI=1S/C22H20FNO2/c1-22(2,17-11-13-18(23)14-12-17)24-21(25)16-7-6-10-20(15-16)26-19-8-4-3-5-9-19/h3-15H,1-2H3,(H,24,25). The highest BCUT2D eigenvalue weighted by Crippen LogP contribution is 2.24. The Morgan fingerprint density at radius 2 is 1.54 bits per heavy atom. The Kier molecular flexibility index (Phi) is 5.03. The molecule has 0 saturated heterocycles. The first-order valence-electron chi connectivity index (χ1n) is 8.35. The molecule has 0 unspecified atom stereocenters. The highest BCUT2D eigenvalue weighted by Gasteiger charge is 2.23. The first kappa shape index (κ1) is 17.7. The molecular formula is C22H20FNO2. The molecular weight excluding hydrogens is 329 g/mol. The second-order valence-corrected chi connectivity index (χ2v) is 6.53. The van der Waals surface area contributed by atoms with Crippen LogP contribution in [0.5, 0.6) is 11.5 Å². The third kappa shape index (κ3) is 4.28. The normalized spacial score (nSPS) is 11.0. The van der Waals surface area contributed by atoms with Crippen molar-refractivity contribution in [3.05, 3.63) is 95.8 Å². The van der Waals surface area contributed by atoms with E-state index in [0.29, 0.717) is 17.1 Å². The second-order valence-electron chi connectivity index (χ2n) is 6.53. The minimum Gasteiger partial charge on any atom is -0.457 e. The highest BCUT2D eigenvalue weighted by molar-refractivity contribution is 5.95. The van der Waals surface area contributed by atoms with Gasteiger partial charge in [-0.3, -0.25) is 4.79 Å². The molecule has 1 amide bonds. The van der Waals surface area contributed by atoms with Crippen LogP contribution in [0, 0.1) is 5.82 Å². The van der Waals surface area contributed by atoms with E-state index in [4.69, 9.17) is 4.74 Å². The smallest absolute Gasteiger partial charge is 0.252 e. The zero-order valence-corrected chi connectivity index (χ0v) is 14.7. The lowest BCUT2D eigenvalue weighted by atomic mass is 9.94. The summed E-state index contributed by atoms with van der Waals surface area (Å²) < 4.78 is 18.9. The van der Waals surface area contributed by atoms with Crippen LogP contribution in [0.15, 0.2) is 78.9 Å². The first-order valence-corrected chi connectivity index (χ1v) is 8.35. The monoisotopic (exact) mass is 349 g/mol. The maximum atomic E-state index is 13.1. The fraction of sp³-hybridized carbons (Fsp3) is 0.136. The zero-order chi connectivity index (χ0) is 18.6. The maximum Gasteiger partial charge on any atom is 0.252 e. The fourth-order valence-electron chi connectivity index (χ4n) is 2.62. The summed E-state index contributed by atoms with van der Waals surface area (Å²) in [5.41, 5.74) is 0.679. The molecule has 0 radical (unpaired) electrons. The average Bonchev–Trinajstić information content (AvgIpc) is 2.63. The van der Waals surface area contributed by atoms with E-state index in [0.717, 1.165) is 5.56 Å². The van der Waals surface area contributed by atoms with Gasteiger partial charge in [-0.25, -0.2) is 4.39 Å². The second kappa shape index (κ2) is 7.40. The number of carbonyl (C=O) groups excluding carboxylic acids is 1. The average molecular weight is 349 g/mol. The molecule has 3 aromatic rings. The number of hydrogen-bond acceptors (Lipinski definition) is 2. The third-order valence-electron chi connectivity index (χ3n) is 4.07. The van der Waals surface area contributed by atoms with Crippen molar-refractivity contribution in [2.75, 3.05) is 0 Å². The quantitative estimate of drug-likeness (QED) is 0.680. The van der Waals surface area contributed by atoms with Crippen LogP contribution in [0.1, 0.15) is 29.8 Å². The number of hydrogen-bond donors (Lipinski definition) is 1. The van der Waals surface area contributed by atoms with Crippen molar-refractivity contribution in [1.29, 1.82) is 0 Å².